The van der Waals surface area contributed by atoms with E-state index < -0.39 is 6.23 Å². The molecule has 0 aliphatic carbocycles. The maximum Gasteiger partial charge on any atom is 0.131 e. The Bertz CT molecular complexity index is 485. The van der Waals surface area contributed by atoms with Gasteiger partial charge in [0.15, 0.2) is 0 Å². The number of rotatable bonds is 5. The van der Waals surface area contributed by atoms with E-state index in [1.807, 2.05) is 54.6 Å². The smallest absolute Gasteiger partial charge is 0.131 e. The lowest BCUT2D eigenvalue weighted by molar-refractivity contribution is 0.137. The highest BCUT2D eigenvalue weighted by atomic mass is 16.3. The van der Waals surface area contributed by atoms with Crippen molar-refractivity contribution in [3.63, 3.8) is 0 Å². The average molecular weight is 242 g/mol. The second kappa shape index (κ2) is 6.31. The highest BCUT2D eigenvalue weighted by molar-refractivity contribution is 5.23. The molecule has 2 aromatic rings. The summed E-state index contributed by atoms with van der Waals surface area (Å²) >= 11 is 0. The molecule has 0 fully saturated rings. The van der Waals surface area contributed by atoms with E-state index in [0.29, 0.717) is 13.1 Å². The Morgan fingerprint density at radius 3 is 2.44 bits per heavy atom. The number of hydrogen-bond donors (Lipinski definition) is 3. The van der Waals surface area contributed by atoms with Crippen molar-refractivity contribution < 1.29 is 5.11 Å². The first kappa shape index (κ1) is 12.8. The highest BCUT2D eigenvalue weighted by Crippen LogP contribution is 2.10. The van der Waals surface area contributed by atoms with Crippen molar-refractivity contribution in [2.24, 2.45) is 5.73 Å². The summed E-state index contributed by atoms with van der Waals surface area (Å²) < 4.78 is 0. The van der Waals surface area contributed by atoms with Gasteiger partial charge < -0.3 is 10.8 Å². The fourth-order valence-electron chi connectivity index (χ4n) is 1.83. The summed E-state index contributed by atoms with van der Waals surface area (Å²) in [6.45, 7) is 1.15. The molecular formula is C15H18N2O. The molecule has 0 aliphatic heterocycles. The van der Waals surface area contributed by atoms with Crippen LogP contribution in [0.15, 0.2) is 54.6 Å². The number of benzene rings is 2. The van der Waals surface area contributed by atoms with Crippen LogP contribution in [0.4, 0.5) is 0 Å². The Kier molecular flexibility index (Phi) is 4.47. The van der Waals surface area contributed by atoms with Crippen LogP contribution in [0.3, 0.4) is 0 Å². The Hall–Kier alpha value is -1.68. The van der Waals surface area contributed by atoms with Gasteiger partial charge >= 0.3 is 0 Å². The predicted molar refractivity (Wildman–Crippen MR) is 72.6 cm³/mol. The van der Waals surface area contributed by atoms with Crippen molar-refractivity contribution in [3.05, 3.63) is 71.3 Å². The van der Waals surface area contributed by atoms with Crippen LogP contribution < -0.4 is 11.1 Å². The van der Waals surface area contributed by atoms with Gasteiger partial charge in [-0.1, -0.05) is 54.6 Å². The summed E-state index contributed by atoms with van der Waals surface area (Å²) in [7, 11) is 0. The molecule has 0 spiro atoms. The molecule has 0 aliphatic rings. The molecule has 3 heteroatoms. The zero-order valence-corrected chi connectivity index (χ0v) is 10.2. The third-order valence-corrected chi connectivity index (χ3v) is 2.84. The van der Waals surface area contributed by atoms with Gasteiger partial charge in [0.25, 0.3) is 0 Å². The molecule has 4 N–H and O–H groups in total. The van der Waals surface area contributed by atoms with Gasteiger partial charge in [0, 0.05) is 13.1 Å². The summed E-state index contributed by atoms with van der Waals surface area (Å²) in [4.78, 5) is 0. The van der Waals surface area contributed by atoms with Gasteiger partial charge in [0.2, 0.25) is 0 Å². The molecule has 0 heterocycles. The standard InChI is InChI=1S/C15H18N2O/c16-10-12-5-4-6-13(9-12)11-17-15(18)14-7-2-1-3-8-14/h1-9,15,17-18H,10-11,16H2. The summed E-state index contributed by atoms with van der Waals surface area (Å²) in [5.41, 5.74) is 8.68. The molecule has 1 unspecified atom stereocenters. The first-order chi connectivity index (χ1) is 8.79. The van der Waals surface area contributed by atoms with Crippen LogP contribution >= 0.6 is 0 Å². The Morgan fingerprint density at radius 1 is 1.00 bits per heavy atom. The predicted octanol–water partition coefficient (Wildman–Crippen LogP) is 1.93. The van der Waals surface area contributed by atoms with Crippen LogP contribution in [-0.2, 0) is 13.1 Å². The van der Waals surface area contributed by atoms with Crippen LogP contribution in [0.25, 0.3) is 0 Å². The maximum atomic E-state index is 9.97. The third-order valence-electron chi connectivity index (χ3n) is 2.84. The molecule has 2 rings (SSSR count). The van der Waals surface area contributed by atoms with Crippen molar-refractivity contribution in [1.82, 2.24) is 5.32 Å². The van der Waals surface area contributed by atoms with Crippen molar-refractivity contribution in [1.29, 1.82) is 0 Å². The lowest BCUT2D eigenvalue weighted by Gasteiger charge is -2.13. The normalized spacial score (nSPS) is 12.3. The van der Waals surface area contributed by atoms with Gasteiger partial charge in [-0.3, -0.25) is 5.32 Å². The number of nitrogens with one attached hydrogen (secondary N) is 1. The largest absolute Gasteiger partial charge is 0.374 e. The van der Waals surface area contributed by atoms with E-state index in [1.165, 1.54) is 0 Å². The molecule has 0 saturated heterocycles. The van der Waals surface area contributed by atoms with E-state index in [2.05, 4.69) is 5.32 Å². The average Bonchev–Trinajstić information content (AvgIpc) is 2.46. The second-order valence-corrected chi connectivity index (χ2v) is 4.22. The molecule has 3 nitrogen and oxygen atoms in total. The van der Waals surface area contributed by atoms with Crippen LogP contribution in [0.5, 0.6) is 0 Å². The monoisotopic (exact) mass is 242 g/mol. The van der Waals surface area contributed by atoms with Crippen LogP contribution in [0.1, 0.15) is 22.9 Å². The van der Waals surface area contributed by atoms with E-state index in [0.717, 1.165) is 16.7 Å². The molecule has 0 bridgehead atoms. The van der Waals surface area contributed by atoms with E-state index in [4.69, 9.17) is 5.73 Å². The van der Waals surface area contributed by atoms with E-state index in [-0.39, 0.29) is 0 Å². The summed E-state index contributed by atoms with van der Waals surface area (Å²) in [5.74, 6) is 0. The molecule has 0 aromatic heterocycles. The molecule has 2 aromatic carbocycles. The highest BCUT2D eigenvalue weighted by Gasteiger charge is 2.05. The topological polar surface area (TPSA) is 58.3 Å². The molecule has 0 amide bonds. The van der Waals surface area contributed by atoms with Gasteiger partial charge in [-0.15, -0.1) is 0 Å². The summed E-state index contributed by atoms with van der Waals surface area (Å²) in [5, 5.41) is 13.1. The van der Waals surface area contributed by atoms with Gasteiger partial charge in [-0.05, 0) is 16.7 Å². The SMILES string of the molecule is NCc1cccc(CNC(O)c2ccccc2)c1. The Balaban J connectivity index is 1.95. The minimum atomic E-state index is -0.646. The van der Waals surface area contributed by atoms with Gasteiger partial charge in [-0.2, -0.15) is 0 Å². The van der Waals surface area contributed by atoms with E-state index in [9.17, 15) is 5.11 Å². The molecular weight excluding hydrogens is 224 g/mol. The second-order valence-electron chi connectivity index (χ2n) is 4.22. The maximum absolute atomic E-state index is 9.97. The van der Waals surface area contributed by atoms with Gasteiger partial charge in [-0.25, -0.2) is 0 Å². The lowest BCUT2D eigenvalue weighted by atomic mass is 10.1. The van der Waals surface area contributed by atoms with Crippen LogP contribution in [0.2, 0.25) is 0 Å². The summed E-state index contributed by atoms with van der Waals surface area (Å²) in [6.07, 6.45) is -0.646. The van der Waals surface area contributed by atoms with Gasteiger partial charge in [0.05, 0.1) is 0 Å². The first-order valence-corrected chi connectivity index (χ1v) is 6.04. The molecule has 1 atom stereocenters. The van der Waals surface area contributed by atoms with Crippen molar-refractivity contribution >= 4 is 0 Å². The fraction of sp³-hybridized carbons (Fsp3) is 0.200. The lowest BCUT2D eigenvalue weighted by Crippen LogP contribution is -2.20. The summed E-state index contributed by atoms with van der Waals surface area (Å²) in [6, 6.07) is 17.6. The minimum absolute atomic E-state index is 0.537. The first-order valence-electron chi connectivity index (χ1n) is 6.04. The minimum Gasteiger partial charge on any atom is -0.374 e. The zero-order chi connectivity index (χ0) is 12.8. The zero-order valence-electron chi connectivity index (χ0n) is 10.2. The molecule has 0 saturated carbocycles. The third kappa shape index (κ3) is 3.40. The van der Waals surface area contributed by atoms with Crippen molar-refractivity contribution in [2.75, 3.05) is 0 Å². The Morgan fingerprint density at radius 2 is 1.72 bits per heavy atom. The molecule has 18 heavy (non-hydrogen) atoms. The van der Waals surface area contributed by atoms with E-state index >= 15 is 0 Å². The van der Waals surface area contributed by atoms with Crippen LogP contribution in [0, 0.1) is 0 Å². The van der Waals surface area contributed by atoms with Crippen LogP contribution in [-0.4, -0.2) is 5.11 Å². The number of aliphatic hydroxyl groups is 1. The number of nitrogens with two attached hydrogens (primary N) is 1. The Labute approximate surface area is 107 Å². The number of aliphatic hydroxyl groups excluding tert-OH is 1. The van der Waals surface area contributed by atoms with Gasteiger partial charge in [0.1, 0.15) is 6.23 Å². The van der Waals surface area contributed by atoms with Crippen molar-refractivity contribution in [3.8, 4) is 0 Å². The quantitative estimate of drug-likeness (QED) is 0.702. The fourth-order valence-corrected chi connectivity index (χ4v) is 1.83. The number of hydrogen-bond acceptors (Lipinski definition) is 3. The molecule has 0 radical (unpaired) electrons. The molecule has 94 valence electrons. The van der Waals surface area contributed by atoms with E-state index in [1.54, 1.807) is 0 Å². The van der Waals surface area contributed by atoms with Crippen molar-refractivity contribution in [2.45, 2.75) is 19.3 Å².